The number of thiol groups is 1. The van der Waals surface area contributed by atoms with Crippen LogP contribution in [0.5, 0.6) is 0 Å². The molecular formula is C20H27NOS2. The maximum atomic E-state index is 12.4. The third-order valence-electron chi connectivity index (χ3n) is 5.08. The number of fused-ring (bicyclic) bond motifs is 1. The number of nitrogens with zero attached hydrogens (tertiary/aromatic N) is 1. The van der Waals surface area contributed by atoms with Crippen LogP contribution in [0, 0.1) is 11.3 Å². The molecule has 1 atom stereocenters. The molecule has 1 aromatic heterocycles. The molecule has 0 aliphatic heterocycles. The molecule has 130 valence electrons. The monoisotopic (exact) mass is 361 g/mol. The van der Waals surface area contributed by atoms with Gasteiger partial charge in [-0.25, -0.2) is 0 Å². The number of carbonyl (C=O) groups is 1. The lowest BCUT2D eigenvalue weighted by Crippen LogP contribution is -2.22. The minimum atomic E-state index is 0.215. The first-order valence-electron chi connectivity index (χ1n) is 8.71. The highest BCUT2D eigenvalue weighted by Crippen LogP contribution is 2.44. The van der Waals surface area contributed by atoms with Crippen molar-refractivity contribution in [3.05, 3.63) is 39.1 Å². The van der Waals surface area contributed by atoms with Crippen LogP contribution in [-0.2, 0) is 12.8 Å². The molecule has 2 aliphatic carbocycles. The summed E-state index contributed by atoms with van der Waals surface area (Å²) in [6.45, 7) is 7.29. The first-order chi connectivity index (χ1) is 11.3. The highest BCUT2D eigenvalue weighted by molar-refractivity contribution is 7.77. The smallest absolute Gasteiger partial charge is 0.161 e. The average Bonchev–Trinajstić information content (AvgIpc) is 2.84. The molecule has 1 heterocycles. The summed E-state index contributed by atoms with van der Waals surface area (Å²) in [5.74, 6) is 0.720. The van der Waals surface area contributed by atoms with Gasteiger partial charge < -0.3 is 0 Å². The molecular weight excluding hydrogens is 334 g/mol. The Balaban J connectivity index is 1.93. The fraction of sp³-hybridized carbons (Fsp3) is 0.550. The summed E-state index contributed by atoms with van der Waals surface area (Å²) in [4.78, 5) is 15.0. The standard InChI is InChI=1S/C20H27NOS2/c1-13(22)18-16-11-20(2,3)10-9-17(16)24-19(18)15-7-5-14(6-8-15)12-21(4)23/h5,7-8,14,23H,6,9-12H2,1-4H3. The molecule has 0 N–H and O–H groups in total. The van der Waals surface area contributed by atoms with Crippen molar-refractivity contribution in [1.29, 1.82) is 0 Å². The summed E-state index contributed by atoms with van der Waals surface area (Å²) in [6, 6.07) is 0. The van der Waals surface area contributed by atoms with E-state index < -0.39 is 0 Å². The topological polar surface area (TPSA) is 20.3 Å². The number of allylic oxidation sites excluding steroid dienone is 3. The predicted octanol–water partition coefficient (Wildman–Crippen LogP) is 5.20. The second kappa shape index (κ2) is 6.81. The molecule has 3 rings (SSSR count). The van der Waals surface area contributed by atoms with Gasteiger partial charge >= 0.3 is 0 Å². The Hall–Kier alpha value is -0.840. The van der Waals surface area contributed by atoms with E-state index >= 15 is 0 Å². The van der Waals surface area contributed by atoms with Crippen LogP contribution in [0.15, 0.2) is 18.2 Å². The first-order valence-corrected chi connectivity index (χ1v) is 9.93. The van der Waals surface area contributed by atoms with E-state index in [0.717, 1.165) is 31.4 Å². The molecule has 1 aromatic rings. The van der Waals surface area contributed by atoms with Crippen molar-refractivity contribution < 1.29 is 4.79 Å². The molecule has 2 nitrogen and oxygen atoms in total. The van der Waals surface area contributed by atoms with Crippen molar-refractivity contribution in [2.75, 3.05) is 13.6 Å². The van der Waals surface area contributed by atoms with Gasteiger partial charge in [-0.15, -0.1) is 11.3 Å². The van der Waals surface area contributed by atoms with Gasteiger partial charge in [-0.3, -0.25) is 9.10 Å². The van der Waals surface area contributed by atoms with Gasteiger partial charge in [-0.1, -0.05) is 44.9 Å². The van der Waals surface area contributed by atoms with Crippen LogP contribution in [0.3, 0.4) is 0 Å². The van der Waals surface area contributed by atoms with Gasteiger partial charge in [0.05, 0.1) is 0 Å². The summed E-state index contributed by atoms with van der Waals surface area (Å²) in [5.41, 5.74) is 3.85. The third kappa shape index (κ3) is 3.71. The van der Waals surface area contributed by atoms with Crippen LogP contribution in [-0.4, -0.2) is 23.7 Å². The van der Waals surface area contributed by atoms with Gasteiger partial charge in [0.25, 0.3) is 0 Å². The fourth-order valence-electron chi connectivity index (χ4n) is 3.80. The molecule has 0 radical (unpaired) electrons. The van der Waals surface area contributed by atoms with Crippen LogP contribution in [0.1, 0.15) is 59.3 Å². The van der Waals surface area contributed by atoms with E-state index in [2.05, 4.69) is 44.9 Å². The number of ketones is 1. The normalized spacial score (nSPS) is 22.4. The largest absolute Gasteiger partial charge is 0.294 e. The summed E-state index contributed by atoms with van der Waals surface area (Å²) in [5, 5.41) is 0. The lowest BCUT2D eigenvalue weighted by atomic mass is 9.75. The molecule has 0 saturated carbocycles. The second-order valence-electron chi connectivity index (χ2n) is 7.96. The van der Waals surface area contributed by atoms with Gasteiger partial charge in [-0.2, -0.15) is 0 Å². The highest BCUT2D eigenvalue weighted by atomic mass is 32.1. The van der Waals surface area contributed by atoms with Crippen molar-refractivity contribution >= 4 is 35.5 Å². The van der Waals surface area contributed by atoms with Crippen LogP contribution < -0.4 is 0 Å². The molecule has 1 unspecified atom stereocenters. The zero-order valence-corrected chi connectivity index (χ0v) is 16.8. The molecule has 0 aromatic carbocycles. The average molecular weight is 362 g/mol. The van der Waals surface area contributed by atoms with Crippen LogP contribution >= 0.6 is 24.2 Å². The number of aryl methyl sites for hydroxylation is 1. The zero-order valence-electron chi connectivity index (χ0n) is 15.1. The van der Waals surface area contributed by atoms with E-state index in [4.69, 9.17) is 0 Å². The number of rotatable bonds is 4. The van der Waals surface area contributed by atoms with Crippen molar-refractivity contribution in [3.63, 3.8) is 0 Å². The van der Waals surface area contributed by atoms with Gasteiger partial charge in [-0.05, 0) is 62.1 Å². The molecule has 0 spiro atoms. The Bertz CT molecular complexity index is 709. The van der Waals surface area contributed by atoms with Gasteiger partial charge in [0.15, 0.2) is 5.78 Å². The minimum absolute atomic E-state index is 0.215. The maximum Gasteiger partial charge on any atom is 0.161 e. The van der Waals surface area contributed by atoms with Crippen LogP contribution in [0.4, 0.5) is 0 Å². The molecule has 24 heavy (non-hydrogen) atoms. The summed E-state index contributed by atoms with van der Waals surface area (Å²) in [6.07, 6.45) is 11.1. The van der Waals surface area contributed by atoms with Crippen LogP contribution in [0.2, 0.25) is 0 Å². The fourth-order valence-corrected chi connectivity index (χ4v) is 5.40. The van der Waals surface area contributed by atoms with Crippen LogP contribution in [0.25, 0.3) is 5.57 Å². The number of hydrogen-bond donors (Lipinski definition) is 1. The maximum absolute atomic E-state index is 12.4. The van der Waals surface area contributed by atoms with E-state index in [9.17, 15) is 4.79 Å². The Kier molecular flexibility index (Phi) is 5.10. The lowest BCUT2D eigenvalue weighted by Gasteiger charge is -2.29. The van der Waals surface area contributed by atoms with E-state index in [-0.39, 0.29) is 5.78 Å². The van der Waals surface area contributed by atoms with Crippen molar-refractivity contribution in [3.8, 4) is 0 Å². The minimum Gasteiger partial charge on any atom is -0.294 e. The van der Waals surface area contributed by atoms with E-state index in [1.807, 2.05) is 22.7 Å². The second-order valence-corrected chi connectivity index (χ2v) is 9.75. The molecule has 4 heteroatoms. The summed E-state index contributed by atoms with van der Waals surface area (Å²) < 4.78 is 1.93. The van der Waals surface area contributed by atoms with Gasteiger partial charge in [0, 0.05) is 21.9 Å². The predicted molar refractivity (Wildman–Crippen MR) is 107 cm³/mol. The van der Waals surface area contributed by atoms with E-state index in [1.165, 1.54) is 27.3 Å². The highest BCUT2D eigenvalue weighted by Gasteiger charge is 2.32. The third-order valence-corrected chi connectivity index (χ3v) is 6.58. The van der Waals surface area contributed by atoms with Gasteiger partial charge in [0.2, 0.25) is 0 Å². The quantitative estimate of drug-likeness (QED) is 0.587. The SMILES string of the molecule is CC(=O)c1c(C2=CCC(CN(C)S)C=C2)sc2c1CC(C)(C)CC2. The van der Waals surface area contributed by atoms with E-state index in [1.54, 1.807) is 6.92 Å². The lowest BCUT2D eigenvalue weighted by molar-refractivity contribution is 0.101. The molecule has 2 aliphatic rings. The van der Waals surface area contributed by atoms with Gasteiger partial charge in [0.1, 0.15) is 0 Å². The van der Waals surface area contributed by atoms with Crippen molar-refractivity contribution in [2.45, 2.75) is 46.5 Å². The molecule has 0 fully saturated rings. The number of carbonyl (C=O) groups excluding carboxylic acids is 1. The molecule has 0 bridgehead atoms. The number of hydrogen-bond acceptors (Lipinski definition) is 4. The summed E-state index contributed by atoms with van der Waals surface area (Å²) in [7, 11) is 1.99. The molecule has 0 amide bonds. The summed E-state index contributed by atoms with van der Waals surface area (Å²) >= 11 is 6.19. The molecule has 0 saturated heterocycles. The Morgan fingerprint density at radius 2 is 2.21 bits per heavy atom. The Morgan fingerprint density at radius 1 is 1.46 bits per heavy atom. The Labute approximate surface area is 155 Å². The Morgan fingerprint density at radius 3 is 2.79 bits per heavy atom. The number of Topliss-reactive ketones (excluding diaryl/α,β-unsaturated/α-hetero) is 1. The van der Waals surface area contributed by atoms with E-state index in [0.29, 0.717) is 11.3 Å². The zero-order chi connectivity index (χ0) is 17.5. The first kappa shape index (κ1) is 18.0. The van der Waals surface area contributed by atoms with Crippen molar-refractivity contribution in [1.82, 2.24) is 4.31 Å². The van der Waals surface area contributed by atoms with Crippen molar-refractivity contribution in [2.24, 2.45) is 11.3 Å². The number of thiophene rings is 1.